The van der Waals surface area contributed by atoms with Gasteiger partial charge in [-0.05, 0) is 37.8 Å². The largest absolute Gasteiger partial charge is 0.396 e. The van der Waals surface area contributed by atoms with Gasteiger partial charge in [-0.3, -0.25) is 4.79 Å². The van der Waals surface area contributed by atoms with Gasteiger partial charge in [-0.15, -0.1) is 10.2 Å². The molecule has 6 heteroatoms. The molecule has 0 aliphatic heterocycles. The number of hydrogen-bond acceptors (Lipinski definition) is 4. The summed E-state index contributed by atoms with van der Waals surface area (Å²) in [6.07, 6.45) is 3.79. The summed E-state index contributed by atoms with van der Waals surface area (Å²) < 4.78 is 0. The van der Waals surface area contributed by atoms with Gasteiger partial charge in [-0.1, -0.05) is 11.6 Å². The van der Waals surface area contributed by atoms with Gasteiger partial charge in [0, 0.05) is 19.2 Å². The summed E-state index contributed by atoms with van der Waals surface area (Å²) in [5.41, 5.74) is 0.309. The first-order chi connectivity index (χ1) is 8.72. The van der Waals surface area contributed by atoms with Crippen molar-refractivity contribution in [2.24, 2.45) is 0 Å². The van der Waals surface area contributed by atoms with Gasteiger partial charge in [0.15, 0.2) is 10.8 Å². The van der Waals surface area contributed by atoms with Crippen LogP contribution < -0.4 is 0 Å². The summed E-state index contributed by atoms with van der Waals surface area (Å²) in [7, 11) is 0. The zero-order chi connectivity index (χ0) is 13.0. The Morgan fingerprint density at radius 2 is 2.22 bits per heavy atom. The fraction of sp³-hybridized carbons (Fsp3) is 0.583. The van der Waals surface area contributed by atoms with Gasteiger partial charge in [0.05, 0.1) is 0 Å². The molecular weight excluding hydrogens is 254 g/mol. The molecule has 0 unspecified atom stereocenters. The quantitative estimate of drug-likeness (QED) is 0.880. The third-order valence-electron chi connectivity index (χ3n) is 3.18. The van der Waals surface area contributed by atoms with Crippen LogP contribution in [0.25, 0.3) is 0 Å². The molecule has 0 aromatic carbocycles. The molecular formula is C12H16ClN3O2. The Balaban J connectivity index is 2.08. The average Bonchev–Trinajstić information content (AvgIpc) is 2.32. The average molecular weight is 270 g/mol. The van der Waals surface area contributed by atoms with E-state index in [-0.39, 0.29) is 23.7 Å². The lowest BCUT2D eigenvalue weighted by Gasteiger charge is -2.37. The molecule has 1 aliphatic carbocycles. The standard InChI is InChI=1S/C12H16ClN3O2/c13-11-6-5-10(14-15-11)12(18)16(7-2-8-17)9-3-1-4-9/h5-6,9,17H,1-4,7-8H2. The maximum atomic E-state index is 12.3. The molecule has 2 rings (SSSR count). The first-order valence-electron chi connectivity index (χ1n) is 6.13. The fourth-order valence-corrected chi connectivity index (χ4v) is 2.07. The molecule has 0 bridgehead atoms. The van der Waals surface area contributed by atoms with Gasteiger partial charge in [-0.25, -0.2) is 0 Å². The van der Waals surface area contributed by atoms with Gasteiger partial charge < -0.3 is 10.0 Å². The van der Waals surface area contributed by atoms with Crippen LogP contribution in [0.1, 0.15) is 36.2 Å². The second kappa shape index (κ2) is 6.11. The van der Waals surface area contributed by atoms with E-state index in [1.807, 2.05) is 0 Å². The van der Waals surface area contributed by atoms with Crippen LogP contribution in [0.5, 0.6) is 0 Å². The van der Waals surface area contributed by atoms with E-state index >= 15 is 0 Å². The Morgan fingerprint density at radius 3 is 2.72 bits per heavy atom. The molecule has 1 aromatic heterocycles. The molecule has 0 radical (unpaired) electrons. The number of rotatable bonds is 5. The van der Waals surface area contributed by atoms with Crippen molar-refractivity contribution in [3.8, 4) is 0 Å². The number of nitrogens with zero attached hydrogens (tertiary/aromatic N) is 3. The van der Waals surface area contributed by atoms with E-state index in [2.05, 4.69) is 10.2 Å². The highest BCUT2D eigenvalue weighted by atomic mass is 35.5. The van der Waals surface area contributed by atoms with Crippen molar-refractivity contribution < 1.29 is 9.90 Å². The van der Waals surface area contributed by atoms with Crippen molar-refractivity contribution in [3.05, 3.63) is 23.0 Å². The Morgan fingerprint density at radius 1 is 1.44 bits per heavy atom. The summed E-state index contributed by atoms with van der Waals surface area (Å²) in [4.78, 5) is 14.1. The lowest BCUT2D eigenvalue weighted by molar-refractivity contribution is 0.0555. The number of halogens is 1. The molecule has 1 amide bonds. The van der Waals surface area contributed by atoms with Crippen LogP contribution in [0.3, 0.4) is 0 Å². The highest BCUT2D eigenvalue weighted by Gasteiger charge is 2.29. The Hall–Kier alpha value is -1.20. The van der Waals surface area contributed by atoms with Crippen LogP contribution >= 0.6 is 11.6 Å². The third-order valence-corrected chi connectivity index (χ3v) is 3.39. The molecule has 1 fully saturated rings. The van der Waals surface area contributed by atoms with Crippen molar-refractivity contribution in [1.82, 2.24) is 15.1 Å². The van der Waals surface area contributed by atoms with Gasteiger partial charge in [0.1, 0.15) is 0 Å². The van der Waals surface area contributed by atoms with E-state index in [1.54, 1.807) is 17.0 Å². The molecule has 1 saturated carbocycles. The second-order valence-corrected chi connectivity index (χ2v) is 4.79. The summed E-state index contributed by atoms with van der Waals surface area (Å²) >= 11 is 5.65. The van der Waals surface area contributed by atoms with Crippen LogP contribution in [0, 0.1) is 0 Å². The van der Waals surface area contributed by atoms with E-state index in [1.165, 1.54) is 0 Å². The minimum Gasteiger partial charge on any atom is -0.396 e. The highest BCUT2D eigenvalue weighted by Crippen LogP contribution is 2.26. The highest BCUT2D eigenvalue weighted by molar-refractivity contribution is 6.29. The van der Waals surface area contributed by atoms with Crippen molar-refractivity contribution in [3.63, 3.8) is 0 Å². The lowest BCUT2D eigenvalue weighted by Crippen LogP contribution is -2.45. The zero-order valence-electron chi connectivity index (χ0n) is 10.0. The van der Waals surface area contributed by atoms with E-state index in [4.69, 9.17) is 16.7 Å². The van der Waals surface area contributed by atoms with Crippen LogP contribution in [-0.4, -0.2) is 45.3 Å². The minimum atomic E-state index is -0.127. The summed E-state index contributed by atoms with van der Waals surface area (Å²) in [6.45, 7) is 0.646. The minimum absolute atomic E-state index is 0.0861. The summed E-state index contributed by atoms with van der Waals surface area (Å²) in [6, 6.07) is 3.43. The number of carbonyl (C=O) groups is 1. The first-order valence-corrected chi connectivity index (χ1v) is 6.51. The maximum absolute atomic E-state index is 12.3. The van der Waals surface area contributed by atoms with Gasteiger partial charge in [0.25, 0.3) is 5.91 Å². The predicted molar refractivity (Wildman–Crippen MR) is 67.4 cm³/mol. The number of aliphatic hydroxyl groups is 1. The van der Waals surface area contributed by atoms with Gasteiger partial charge in [0.2, 0.25) is 0 Å². The van der Waals surface area contributed by atoms with Crippen LogP contribution in [0.15, 0.2) is 12.1 Å². The maximum Gasteiger partial charge on any atom is 0.274 e. The van der Waals surface area contributed by atoms with E-state index < -0.39 is 0 Å². The molecule has 1 aromatic rings. The monoisotopic (exact) mass is 269 g/mol. The number of aliphatic hydroxyl groups excluding tert-OH is 1. The van der Waals surface area contributed by atoms with Crippen molar-refractivity contribution in [2.45, 2.75) is 31.7 Å². The van der Waals surface area contributed by atoms with Crippen LogP contribution in [0.4, 0.5) is 0 Å². The molecule has 98 valence electrons. The molecule has 0 atom stereocenters. The molecule has 5 nitrogen and oxygen atoms in total. The molecule has 18 heavy (non-hydrogen) atoms. The molecule has 1 heterocycles. The SMILES string of the molecule is O=C(c1ccc(Cl)nn1)N(CCCO)C1CCC1. The Kier molecular flexibility index (Phi) is 4.49. The summed E-state index contributed by atoms with van der Waals surface area (Å²) in [5.74, 6) is -0.127. The Labute approximate surface area is 111 Å². The second-order valence-electron chi connectivity index (χ2n) is 4.40. The molecule has 0 saturated heterocycles. The van der Waals surface area contributed by atoms with Gasteiger partial charge >= 0.3 is 0 Å². The third kappa shape index (κ3) is 2.97. The first kappa shape index (κ1) is 13.2. The number of aromatic nitrogens is 2. The normalized spacial score (nSPS) is 15.2. The van der Waals surface area contributed by atoms with E-state index in [9.17, 15) is 4.79 Å². The van der Waals surface area contributed by atoms with E-state index in [0.29, 0.717) is 18.7 Å². The smallest absolute Gasteiger partial charge is 0.274 e. The van der Waals surface area contributed by atoms with E-state index in [0.717, 1.165) is 19.3 Å². The topological polar surface area (TPSA) is 66.3 Å². The molecule has 1 N–H and O–H groups in total. The number of hydrogen-bond donors (Lipinski definition) is 1. The lowest BCUT2D eigenvalue weighted by atomic mass is 9.91. The number of amides is 1. The van der Waals surface area contributed by atoms with Crippen LogP contribution in [0.2, 0.25) is 5.15 Å². The fourth-order valence-electron chi connectivity index (χ4n) is 1.97. The number of carbonyl (C=O) groups excluding carboxylic acids is 1. The zero-order valence-corrected chi connectivity index (χ0v) is 10.8. The van der Waals surface area contributed by atoms with Crippen molar-refractivity contribution in [2.75, 3.05) is 13.2 Å². The van der Waals surface area contributed by atoms with Crippen LogP contribution in [-0.2, 0) is 0 Å². The van der Waals surface area contributed by atoms with Gasteiger partial charge in [-0.2, -0.15) is 0 Å². The summed E-state index contributed by atoms with van der Waals surface area (Å²) in [5, 5.41) is 16.7. The molecule has 0 spiro atoms. The van der Waals surface area contributed by atoms with Crippen molar-refractivity contribution >= 4 is 17.5 Å². The predicted octanol–water partition coefficient (Wildman–Crippen LogP) is 1.51. The Bertz CT molecular complexity index is 406. The molecule has 1 aliphatic rings. The van der Waals surface area contributed by atoms with Crippen molar-refractivity contribution in [1.29, 1.82) is 0 Å².